The SMILES string of the molecule is CCC1CC2C3CC(N)C(C3)C2C1. The highest BCUT2D eigenvalue weighted by atomic mass is 14.7. The highest BCUT2D eigenvalue weighted by Crippen LogP contribution is 2.59. The molecule has 2 bridgehead atoms. The van der Waals surface area contributed by atoms with Gasteiger partial charge in [-0.05, 0) is 55.3 Å². The molecule has 1 nitrogen and oxygen atoms in total. The van der Waals surface area contributed by atoms with Crippen molar-refractivity contribution in [3.63, 3.8) is 0 Å². The molecule has 3 rings (SSSR count). The van der Waals surface area contributed by atoms with Crippen molar-refractivity contribution < 1.29 is 0 Å². The summed E-state index contributed by atoms with van der Waals surface area (Å²) in [4.78, 5) is 0. The zero-order valence-corrected chi connectivity index (χ0v) is 8.58. The molecule has 3 fully saturated rings. The van der Waals surface area contributed by atoms with Crippen LogP contribution in [0.3, 0.4) is 0 Å². The van der Waals surface area contributed by atoms with E-state index in [4.69, 9.17) is 5.73 Å². The van der Waals surface area contributed by atoms with Gasteiger partial charge in [-0.25, -0.2) is 0 Å². The maximum Gasteiger partial charge on any atom is 0.00727 e. The van der Waals surface area contributed by atoms with Gasteiger partial charge in [-0.2, -0.15) is 0 Å². The van der Waals surface area contributed by atoms with E-state index in [9.17, 15) is 0 Å². The van der Waals surface area contributed by atoms with Gasteiger partial charge in [-0.1, -0.05) is 13.3 Å². The molecule has 0 aromatic heterocycles. The molecule has 0 spiro atoms. The molecule has 6 atom stereocenters. The lowest BCUT2D eigenvalue weighted by Gasteiger charge is -2.28. The molecule has 3 aliphatic rings. The second-order valence-corrected chi connectivity index (χ2v) is 5.63. The molecule has 0 aliphatic heterocycles. The van der Waals surface area contributed by atoms with Crippen LogP contribution < -0.4 is 5.73 Å². The van der Waals surface area contributed by atoms with E-state index >= 15 is 0 Å². The van der Waals surface area contributed by atoms with Crippen LogP contribution in [0.1, 0.15) is 39.0 Å². The van der Waals surface area contributed by atoms with Crippen LogP contribution in [0.5, 0.6) is 0 Å². The fourth-order valence-corrected chi connectivity index (χ4v) is 4.57. The van der Waals surface area contributed by atoms with E-state index in [1.165, 1.54) is 32.1 Å². The molecule has 6 unspecified atom stereocenters. The van der Waals surface area contributed by atoms with Crippen LogP contribution in [-0.2, 0) is 0 Å². The Morgan fingerprint density at radius 3 is 2.54 bits per heavy atom. The fraction of sp³-hybridized carbons (Fsp3) is 1.00. The summed E-state index contributed by atoms with van der Waals surface area (Å²) in [5, 5.41) is 0. The molecule has 0 saturated heterocycles. The van der Waals surface area contributed by atoms with Crippen LogP contribution >= 0.6 is 0 Å². The maximum absolute atomic E-state index is 6.16. The van der Waals surface area contributed by atoms with Crippen molar-refractivity contribution in [3.05, 3.63) is 0 Å². The molecule has 1 heteroatoms. The Labute approximate surface area is 81.1 Å². The second kappa shape index (κ2) is 2.73. The first-order valence-electron chi connectivity index (χ1n) is 6.05. The highest BCUT2D eigenvalue weighted by Gasteiger charge is 2.54. The molecule has 0 aromatic rings. The predicted octanol–water partition coefficient (Wildman–Crippen LogP) is 2.41. The Kier molecular flexibility index (Phi) is 1.74. The standard InChI is InChI=1S/C12H21N/c1-2-7-3-9-8-5-11(10(9)4-7)12(13)6-8/h7-12H,2-6,13H2,1H3. The van der Waals surface area contributed by atoms with Crippen LogP contribution in [0, 0.1) is 29.6 Å². The van der Waals surface area contributed by atoms with Crippen molar-refractivity contribution in [3.8, 4) is 0 Å². The normalized spacial score (nSPS) is 58.6. The third-order valence-corrected chi connectivity index (χ3v) is 5.19. The van der Waals surface area contributed by atoms with Crippen LogP contribution in [-0.4, -0.2) is 6.04 Å². The minimum atomic E-state index is 0.571. The van der Waals surface area contributed by atoms with Crippen molar-refractivity contribution in [2.24, 2.45) is 35.3 Å². The summed E-state index contributed by atoms with van der Waals surface area (Å²) in [6.07, 6.45) is 7.28. The summed E-state index contributed by atoms with van der Waals surface area (Å²) >= 11 is 0. The van der Waals surface area contributed by atoms with Gasteiger partial charge >= 0.3 is 0 Å². The highest BCUT2D eigenvalue weighted by molar-refractivity contribution is 5.05. The van der Waals surface area contributed by atoms with Gasteiger partial charge in [-0.15, -0.1) is 0 Å². The molecule has 0 amide bonds. The van der Waals surface area contributed by atoms with Gasteiger partial charge in [0.05, 0.1) is 0 Å². The van der Waals surface area contributed by atoms with E-state index < -0.39 is 0 Å². The first kappa shape index (κ1) is 8.28. The quantitative estimate of drug-likeness (QED) is 0.657. The van der Waals surface area contributed by atoms with E-state index in [-0.39, 0.29) is 0 Å². The number of hydrogen-bond acceptors (Lipinski definition) is 1. The van der Waals surface area contributed by atoms with Gasteiger partial charge < -0.3 is 5.73 Å². The summed E-state index contributed by atoms with van der Waals surface area (Å²) < 4.78 is 0. The first-order chi connectivity index (χ1) is 6.29. The molecular weight excluding hydrogens is 158 g/mol. The summed E-state index contributed by atoms with van der Waals surface area (Å²) in [5.41, 5.74) is 6.16. The monoisotopic (exact) mass is 179 g/mol. The third kappa shape index (κ3) is 1.03. The van der Waals surface area contributed by atoms with Gasteiger partial charge in [0.1, 0.15) is 0 Å². The minimum Gasteiger partial charge on any atom is -0.327 e. The number of nitrogens with two attached hydrogens (primary N) is 1. The van der Waals surface area contributed by atoms with Crippen LogP contribution in [0.25, 0.3) is 0 Å². The topological polar surface area (TPSA) is 26.0 Å². The van der Waals surface area contributed by atoms with E-state index in [0.717, 1.165) is 29.6 Å². The minimum absolute atomic E-state index is 0.571. The summed E-state index contributed by atoms with van der Waals surface area (Å²) in [5.74, 6) is 5.13. The lowest BCUT2D eigenvalue weighted by atomic mass is 9.79. The molecule has 13 heavy (non-hydrogen) atoms. The fourth-order valence-electron chi connectivity index (χ4n) is 4.57. The van der Waals surface area contributed by atoms with E-state index in [0.29, 0.717) is 6.04 Å². The first-order valence-corrected chi connectivity index (χ1v) is 6.05. The molecule has 0 radical (unpaired) electrons. The Morgan fingerprint density at radius 2 is 1.77 bits per heavy atom. The number of fused-ring (bicyclic) bond motifs is 5. The van der Waals surface area contributed by atoms with Gasteiger partial charge in [0.25, 0.3) is 0 Å². The maximum atomic E-state index is 6.16. The van der Waals surface area contributed by atoms with E-state index in [2.05, 4.69) is 6.92 Å². The number of rotatable bonds is 1. The van der Waals surface area contributed by atoms with Gasteiger partial charge in [0.2, 0.25) is 0 Å². The Bertz CT molecular complexity index is 213. The van der Waals surface area contributed by atoms with E-state index in [1.54, 1.807) is 0 Å². The van der Waals surface area contributed by atoms with Crippen molar-refractivity contribution in [2.75, 3.05) is 0 Å². The molecule has 74 valence electrons. The smallest absolute Gasteiger partial charge is 0.00727 e. The van der Waals surface area contributed by atoms with Gasteiger partial charge in [0, 0.05) is 6.04 Å². The summed E-state index contributed by atoms with van der Waals surface area (Å²) in [7, 11) is 0. The predicted molar refractivity (Wildman–Crippen MR) is 54.2 cm³/mol. The Hall–Kier alpha value is -0.0400. The molecule has 2 N–H and O–H groups in total. The molecular formula is C12H21N. The largest absolute Gasteiger partial charge is 0.327 e. The second-order valence-electron chi connectivity index (χ2n) is 5.63. The van der Waals surface area contributed by atoms with E-state index in [1.807, 2.05) is 0 Å². The Balaban J connectivity index is 1.79. The number of hydrogen-bond donors (Lipinski definition) is 1. The van der Waals surface area contributed by atoms with Gasteiger partial charge in [0.15, 0.2) is 0 Å². The van der Waals surface area contributed by atoms with Crippen molar-refractivity contribution in [1.29, 1.82) is 0 Å². The summed E-state index contributed by atoms with van der Waals surface area (Å²) in [6.45, 7) is 2.35. The van der Waals surface area contributed by atoms with Crippen molar-refractivity contribution in [1.82, 2.24) is 0 Å². The van der Waals surface area contributed by atoms with Gasteiger partial charge in [-0.3, -0.25) is 0 Å². The molecule has 0 aromatic carbocycles. The zero-order valence-electron chi connectivity index (χ0n) is 8.58. The zero-order chi connectivity index (χ0) is 9.00. The van der Waals surface area contributed by atoms with Crippen LogP contribution in [0.15, 0.2) is 0 Å². The van der Waals surface area contributed by atoms with Crippen molar-refractivity contribution >= 4 is 0 Å². The molecule has 3 aliphatic carbocycles. The average Bonchev–Trinajstić information content (AvgIpc) is 2.71. The summed E-state index contributed by atoms with van der Waals surface area (Å²) in [6, 6.07) is 0.571. The van der Waals surface area contributed by atoms with Crippen LogP contribution in [0.2, 0.25) is 0 Å². The van der Waals surface area contributed by atoms with Crippen molar-refractivity contribution in [2.45, 2.75) is 45.1 Å². The third-order valence-electron chi connectivity index (χ3n) is 5.19. The Morgan fingerprint density at radius 1 is 1.00 bits per heavy atom. The molecule has 3 saturated carbocycles. The lowest BCUT2D eigenvalue weighted by Crippen LogP contribution is -2.34. The lowest BCUT2D eigenvalue weighted by molar-refractivity contribution is 0.234. The average molecular weight is 179 g/mol. The molecule has 0 heterocycles. The van der Waals surface area contributed by atoms with Crippen LogP contribution in [0.4, 0.5) is 0 Å².